The van der Waals surface area contributed by atoms with Crippen molar-refractivity contribution in [2.75, 3.05) is 32.8 Å². The van der Waals surface area contributed by atoms with Crippen LogP contribution in [0, 0.1) is 5.41 Å². The number of hydrogen-bond donors (Lipinski definition) is 4. The molecule has 2 aromatic rings. The number of fused-ring (bicyclic) bond motifs is 1. The molecule has 0 radical (unpaired) electrons. The maximum Gasteiger partial charge on any atom is 0.323 e. The van der Waals surface area contributed by atoms with Crippen molar-refractivity contribution in [3.05, 3.63) is 42.5 Å². The van der Waals surface area contributed by atoms with Crippen LogP contribution in [0.3, 0.4) is 0 Å². The minimum Gasteiger partial charge on any atom is -0.480 e. The van der Waals surface area contributed by atoms with Gasteiger partial charge in [-0.2, -0.15) is 0 Å². The van der Waals surface area contributed by atoms with Crippen molar-refractivity contribution in [3.63, 3.8) is 0 Å². The van der Waals surface area contributed by atoms with Crippen molar-refractivity contribution in [2.24, 2.45) is 5.73 Å². The number of carbonyl (C=O) groups excluding carboxylic acids is 2. The number of amides is 2. The van der Waals surface area contributed by atoms with Crippen molar-refractivity contribution in [1.29, 1.82) is 5.41 Å². The summed E-state index contributed by atoms with van der Waals surface area (Å²) in [5, 5.41) is 19.2. The van der Waals surface area contributed by atoms with E-state index in [0.29, 0.717) is 31.4 Å². The normalized spacial score (nSPS) is 18.5. The lowest BCUT2D eigenvalue weighted by molar-refractivity contribution is -0.145. The van der Waals surface area contributed by atoms with Gasteiger partial charge in [0, 0.05) is 25.7 Å². The highest BCUT2D eigenvalue weighted by Gasteiger charge is 2.43. The minimum atomic E-state index is -4.37. The number of sulfone groups is 1. The maximum atomic E-state index is 13.8. The zero-order valence-electron chi connectivity index (χ0n) is 20.7. The van der Waals surface area contributed by atoms with Crippen LogP contribution in [0.5, 0.6) is 0 Å². The van der Waals surface area contributed by atoms with E-state index in [1.165, 1.54) is 12.1 Å². The number of carbonyl (C=O) groups is 3. The molecular weight excluding hydrogens is 514 g/mol. The third kappa shape index (κ3) is 6.40. The van der Waals surface area contributed by atoms with Gasteiger partial charge in [-0.25, -0.2) is 8.42 Å². The van der Waals surface area contributed by atoms with E-state index in [1.807, 2.05) is 12.1 Å². The second-order valence-corrected chi connectivity index (χ2v) is 11.6. The van der Waals surface area contributed by atoms with E-state index >= 15 is 0 Å². The van der Waals surface area contributed by atoms with E-state index in [-0.39, 0.29) is 30.0 Å². The van der Waals surface area contributed by atoms with Crippen LogP contribution in [0.15, 0.2) is 47.4 Å². The molecule has 12 nitrogen and oxygen atoms in total. The van der Waals surface area contributed by atoms with Crippen LogP contribution in [0.4, 0.5) is 0 Å². The lowest BCUT2D eigenvalue weighted by Crippen LogP contribution is -2.52. The summed E-state index contributed by atoms with van der Waals surface area (Å²) in [7, 11) is -4.37. The predicted octanol–water partition coefficient (Wildman–Crippen LogP) is 0.158. The Morgan fingerprint density at radius 2 is 1.89 bits per heavy atom. The first kappa shape index (κ1) is 27.3. The molecule has 2 fully saturated rings. The molecule has 38 heavy (non-hydrogen) atoms. The Bertz CT molecular complexity index is 1340. The van der Waals surface area contributed by atoms with Gasteiger partial charge in [0.2, 0.25) is 11.8 Å². The van der Waals surface area contributed by atoms with Gasteiger partial charge in [-0.05, 0) is 35.7 Å². The molecule has 1 heterocycles. The molecule has 2 atom stereocenters. The number of benzene rings is 2. The maximum absolute atomic E-state index is 13.8. The number of morpholine rings is 1. The molecule has 1 aliphatic carbocycles. The summed E-state index contributed by atoms with van der Waals surface area (Å²) in [4.78, 5) is 40.4. The standard InChI is InChI=1S/C25H31N5O7S/c26-25(27)29-9-10-37-19(14-29)13-28-22(31)12-21(24(34)30(15-23(32)33)18-6-7-18)38(35,36)20-8-5-16-3-1-2-4-17(16)11-20/h1-5,8,11,18-19,21H,6-7,9-10,12-15H2,(H3,26,27)(H,28,31)(H,32,33)/t19?,21-/m0/s1. The summed E-state index contributed by atoms with van der Waals surface area (Å²) < 4.78 is 33.1. The second-order valence-electron chi connectivity index (χ2n) is 9.47. The number of guanidine groups is 1. The van der Waals surface area contributed by atoms with Crippen molar-refractivity contribution in [3.8, 4) is 0 Å². The highest BCUT2D eigenvalue weighted by Crippen LogP contribution is 2.30. The Labute approximate surface area is 220 Å². The van der Waals surface area contributed by atoms with Gasteiger partial charge in [0.15, 0.2) is 21.0 Å². The molecule has 1 saturated heterocycles. The summed E-state index contributed by atoms with van der Waals surface area (Å²) in [5.41, 5.74) is 5.53. The molecule has 0 spiro atoms. The van der Waals surface area contributed by atoms with E-state index in [4.69, 9.17) is 15.9 Å². The Hall–Kier alpha value is -3.71. The molecule has 0 aromatic heterocycles. The highest BCUT2D eigenvalue weighted by molar-refractivity contribution is 7.92. The number of hydrogen-bond acceptors (Lipinski definition) is 7. The number of carboxylic acids is 1. The highest BCUT2D eigenvalue weighted by atomic mass is 32.2. The van der Waals surface area contributed by atoms with Crippen molar-refractivity contribution >= 4 is 44.4 Å². The van der Waals surface area contributed by atoms with Gasteiger partial charge in [0.25, 0.3) is 0 Å². The molecule has 4 rings (SSSR count). The zero-order chi connectivity index (χ0) is 27.4. The minimum absolute atomic E-state index is 0.0288. The van der Waals surface area contributed by atoms with Crippen LogP contribution in [-0.2, 0) is 29.0 Å². The predicted molar refractivity (Wildman–Crippen MR) is 138 cm³/mol. The van der Waals surface area contributed by atoms with Crippen LogP contribution in [0.2, 0.25) is 0 Å². The van der Waals surface area contributed by atoms with Gasteiger partial charge in [-0.1, -0.05) is 30.3 Å². The monoisotopic (exact) mass is 545 g/mol. The van der Waals surface area contributed by atoms with Gasteiger partial charge < -0.3 is 30.7 Å². The summed E-state index contributed by atoms with van der Waals surface area (Å²) in [6, 6.07) is 11.2. The molecule has 5 N–H and O–H groups in total. The van der Waals surface area contributed by atoms with Crippen LogP contribution in [0.25, 0.3) is 10.8 Å². The average Bonchev–Trinajstić information content (AvgIpc) is 3.74. The number of nitrogens with zero attached hydrogens (tertiary/aromatic N) is 2. The molecule has 0 bridgehead atoms. The molecular formula is C25H31N5O7S. The van der Waals surface area contributed by atoms with E-state index in [2.05, 4.69) is 5.32 Å². The van der Waals surface area contributed by atoms with E-state index in [0.717, 1.165) is 10.3 Å². The summed E-state index contributed by atoms with van der Waals surface area (Å²) in [6.45, 7) is 0.415. The largest absolute Gasteiger partial charge is 0.480 e. The number of nitrogens with one attached hydrogen (secondary N) is 2. The van der Waals surface area contributed by atoms with Crippen LogP contribution in [0.1, 0.15) is 19.3 Å². The lowest BCUT2D eigenvalue weighted by atomic mass is 10.1. The number of rotatable bonds is 10. The molecule has 13 heteroatoms. The Morgan fingerprint density at radius 3 is 2.55 bits per heavy atom. The number of aliphatic carboxylic acids is 1. The Kier molecular flexibility index (Phi) is 8.17. The van der Waals surface area contributed by atoms with Crippen molar-refractivity contribution in [2.45, 2.75) is 41.6 Å². The van der Waals surface area contributed by atoms with Gasteiger partial charge in [-0.15, -0.1) is 0 Å². The fourth-order valence-corrected chi connectivity index (χ4v) is 6.12. The third-order valence-corrected chi connectivity index (χ3v) is 8.68. The Balaban J connectivity index is 1.56. The van der Waals surface area contributed by atoms with Gasteiger partial charge in [-0.3, -0.25) is 19.8 Å². The average molecular weight is 546 g/mol. The molecule has 2 aliphatic rings. The summed E-state index contributed by atoms with van der Waals surface area (Å²) in [6.07, 6.45) is -0.0167. The van der Waals surface area contributed by atoms with Crippen LogP contribution >= 0.6 is 0 Å². The van der Waals surface area contributed by atoms with Gasteiger partial charge in [0.05, 0.1) is 24.0 Å². The number of nitrogens with two attached hydrogens (primary N) is 1. The van der Waals surface area contributed by atoms with E-state index in [1.54, 1.807) is 23.1 Å². The lowest BCUT2D eigenvalue weighted by Gasteiger charge is -2.33. The van der Waals surface area contributed by atoms with Crippen LogP contribution in [-0.4, -0.2) is 97.2 Å². The van der Waals surface area contributed by atoms with Crippen LogP contribution < -0.4 is 11.1 Å². The fraction of sp³-hybridized carbons (Fsp3) is 0.440. The summed E-state index contributed by atoms with van der Waals surface area (Å²) in [5.74, 6) is -2.98. The third-order valence-electron chi connectivity index (χ3n) is 6.65. The topological polar surface area (TPSA) is 183 Å². The molecule has 204 valence electrons. The van der Waals surface area contributed by atoms with Crippen molar-refractivity contribution < 1.29 is 32.6 Å². The first-order valence-corrected chi connectivity index (χ1v) is 13.8. The van der Waals surface area contributed by atoms with E-state index < -0.39 is 51.9 Å². The SMILES string of the molecule is N=C(N)N1CCOC(CNC(=O)C[C@@H](C(=O)N(CC(=O)O)C2CC2)S(=O)(=O)c2ccc3ccccc3c2)C1. The fourth-order valence-electron chi connectivity index (χ4n) is 4.47. The van der Waals surface area contributed by atoms with E-state index in [9.17, 15) is 27.9 Å². The Morgan fingerprint density at radius 1 is 1.18 bits per heavy atom. The quantitative estimate of drug-likeness (QED) is 0.239. The molecule has 2 aromatic carbocycles. The zero-order valence-corrected chi connectivity index (χ0v) is 21.5. The first-order valence-electron chi connectivity index (χ1n) is 12.3. The molecule has 1 unspecified atom stereocenters. The molecule has 1 aliphatic heterocycles. The smallest absolute Gasteiger partial charge is 0.323 e. The van der Waals surface area contributed by atoms with Crippen molar-refractivity contribution in [1.82, 2.24) is 15.1 Å². The second kappa shape index (κ2) is 11.4. The molecule has 2 amide bonds. The molecule has 1 saturated carbocycles. The first-order chi connectivity index (χ1) is 18.1. The van der Waals surface area contributed by atoms with Gasteiger partial charge >= 0.3 is 5.97 Å². The van der Waals surface area contributed by atoms with Gasteiger partial charge in [0.1, 0.15) is 6.54 Å². The summed E-state index contributed by atoms with van der Waals surface area (Å²) >= 11 is 0. The number of carboxylic acid groups (broad SMARTS) is 1. The number of ether oxygens (including phenoxy) is 1.